The van der Waals surface area contributed by atoms with E-state index in [0.717, 1.165) is 35.8 Å². The number of nitrogens with zero attached hydrogens (tertiary/aromatic N) is 3. The fraction of sp³-hybridized carbons (Fsp3) is 0.529. The summed E-state index contributed by atoms with van der Waals surface area (Å²) in [6.07, 6.45) is 8.50. The topological polar surface area (TPSA) is 72.9 Å². The van der Waals surface area contributed by atoms with Gasteiger partial charge in [0.2, 0.25) is 0 Å². The van der Waals surface area contributed by atoms with Gasteiger partial charge in [-0.15, -0.1) is 0 Å². The third-order valence-electron chi connectivity index (χ3n) is 4.24. The van der Waals surface area contributed by atoms with Crippen LogP contribution < -0.4 is 10.6 Å². The van der Waals surface area contributed by atoms with Gasteiger partial charge in [-0.1, -0.05) is 0 Å². The van der Waals surface area contributed by atoms with Gasteiger partial charge in [-0.2, -0.15) is 0 Å². The van der Waals surface area contributed by atoms with Crippen LogP contribution in [0.1, 0.15) is 38.3 Å². The van der Waals surface area contributed by atoms with E-state index in [1.165, 1.54) is 19.3 Å². The van der Waals surface area contributed by atoms with E-state index in [-0.39, 0.29) is 5.97 Å². The highest BCUT2D eigenvalue weighted by Crippen LogP contribution is 2.27. The van der Waals surface area contributed by atoms with Gasteiger partial charge in [-0.25, -0.2) is 4.98 Å². The Bertz CT molecular complexity index is 689. The lowest BCUT2D eigenvalue weighted by Gasteiger charge is -2.29. The number of imidazole rings is 1. The third-order valence-corrected chi connectivity index (χ3v) is 4.24. The van der Waals surface area contributed by atoms with E-state index in [1.54, 1.807) is 0 Å². The fourth-order valence-corrected chi connectivity index (χ4v) is 3.08. The molecule has 3 heterocycles. The van der Waals surface area contributed by atoms with Crippen LogP contribution in [0.3, 0.4) is 0 Å². The molecule has 0 radical (unpaired) electrons. The van der Waals surface area contributed by atoms with Crippen LogP contribution in [0, 0.1) is 0 Å². The first-order chi connectivity index (χ1) is 11.2. The molecule has 6 heteroatoms. The number of nitrogens with two attached hydrogens (primary N) is 1. The Balaban J connectivity index is 1.78. The van der Waals surface area contributed by atoms with Crippen molar-refractivity contribution in [3.8, 4) is 0 Å². The van der Waals surface area contributed by atoms with Gasteiger partial charge >= 0.3 is 5.97 Å². The molecule has 1 aliphatic heterocycles. The van der Waals surface area contributed by atoms with E-state index in [1.807, 2.05) is 23.7 Å². The van der Waals surface area contributed by atoms with Crippen molar-refractivity contribution >= 4 is 23.0 Å². The molecule has 23 heavy (non-hydrogen) atoms. The zero-order valence-electron chi connectivity index (χ0n) is 13.6. The number of rotatable bonds is 5. The Morgan fingerprint density at radius 1 is 1.30 bits per heavy atom. The maximum Gasteiger partial charge on any atom is 0.306 e. The molecule has 0 spiro atoms. The number of carbonyl (C=O) groups is 1. The number of fused-ring (bicyclic) bond motifs is 1. The van der Waals surface area contributed by atoms with Crippen molar-refractivity contribution in [1.29, 1.82) is 0 Å². The predicted octanol–water partition coefficient (Wildman–Crippen LogP) is 2.40. The van der Waals surface area contributed by atoms with Crippen molar-refractivity contribution in [3.63, 3.8) is 0 Å². The van der Waals surface area contributed by atoms with E-state index < -0.39 is 0 Å². The first kappa shape index (κ1) is 15.6. The van der Waals surface area contributed by atoms with Crippen LogP contribution in [-0.4, -0.2) is 35.1 Å². The van der Waals surface area contributed by atoms with E-state index in [9.17, 15) is 4.79 Å². The Morgan fingerprint density at radius 3 is 2.83 bits per heavy atom. The molecule has 124 valence electrons. The van der Waals surface area contributed by atoms with Crippen LogP contribution >= 0.6 is 0 Å². The lowest BCUT2D eigenvalue weighted by molar-refractivity contribution is -0.143. The highest BCUT2D eigenvalue weighted by molar-refractivity contribution is 5.72. The minimum absolute atomic E-state index is 0.182. The second-order valence-corrected chi connectivity index (χ2v) is 5.96. The van der Waals surface area contributed by atoms with Gasteiger partial charge in [0.25, 0.3) is 0 Å². The molecule has 0 bridgehead atoms. The second kappa shape index (κ2) is 6.89. The molecule has 1 fully saturated rings. The smallest absolute Gasteiger partial charge is 0.306 e. The predicted molar refractivity (Wildman–Crippen MR) is 90.6 cm³/mol. The number of carbonyl (C=O) groups excluding carboxylic acids is 1. The number of anilines is 2. The molecule has 2 aromatic rings. The average Bonchev–Trinajstić information content (AvgIpc) is 2.95. The fourth-order valence-electron chi connectivity index (χ4n) is 3.08. The van der Waals surface area contributed by atoms with Crippen molar-refractivity contribution in [1.82, 2.24) is 9.38 Å². The molecule has 6 nitrogen and oxygen atoms in total. The first-order valence-corrected chi connectivity index (χ1v) is 8.35. The normalized spacial score (nSPS) is 15.1. The van der Waals surface area contributed by atoms with E-state index in [0.29, 0.717) is 19.4 Å². The number of hydrogen-bond donors (Lipinski definition) is 1. The summed E-state index contributed by atoms with van der Waals surface area (Å²) in [5.41, 5.74) is 9.82. The molecular formula is C17H24N4O2. The highest BCUT2D eigenvalue weighted by Gasteiger charge is 2.15. The minimum Gasteiger partial charge on any atom is -0.466 e. The molecule has 0 amide bonds. The van der Waals surface area contributed by atoms with Gasteiger partial charge in [-0.05, 0) is 26.2 Å². The number of piperidine rings is 1. The zero-order valence-corrected chi connectivity index (χ0v) is 13.6. The maximum atomic E-state index is 11.5. The van der Waals surface area contributed by atoms with Gasteiger partial charge in [0.15, 0.2) is 0 Å². The summed E-state index contributed by atoms with van der Waals surface area (Å²) in [4.78, 5) is 18.4. The number of ether oxygens (including phenoxy) is 1. The molecule has 1 saturated heterocycles. The molecule has 2 N–H and O–H groups in total. The first-order valence-electron chi connectivity index (χ1n) is 8.35. The lowest BCUT2D eigenvalue weighted by Crippen LogP contribution is -2.30. The summed E-state index contributed by atoms with van der Waals surface area (Å²) >= 11 is 0. The maximum absolute atomic E-state index is 11.5. The molecule has 0 aromatic carbocycles. The number of pyridine rings is 1. The summed E-state index contributed by atoms with van der Waals surface area (Å²) in [5, 5.41) is 0. The Morgan fingerprint density at radius 2 is 2.09 bits per heavy atom. The summed E-state index contributed by atoms with van der Waals surface area (Å²) in [6.45, 7) is 4.33. The van der Waals surface area contributed by atoms with Crippen LogP contribution in [0.2, 0.25) is 0 Å². The zero-order chi connectivity index (χ0) is 16.2. The van der Waals surface area contributed by atoms with Crippen LogP contribution in [-0.2, 0) is 16.0 Å². The Labute approximate surface area is 136 Å². The largest absolute Gasteiger partial charge is 0.466 e. The number of nitrogen functional groups attached to an aromatic ring is 1. The molecule has 2 aromatic heterocycles. The monoisotopic (exact) mass is 316 g/mol. The number of aryl methyl sites for hydroxylation is 1. The summed E-state index contributed by atoms with van der Waals surface area (Å²) in [7, 11) is 0. The summed E-state index contributed by atoms with van der Waals surface area (Å²) in [5.74, 6) is -0.182. The van der Waals surface area contributed by atoms with Crippen LogP contribution in [0.5, 0.6) is 0 Å². The third kappa shape index (κ3) is 3.57. The quantitative estimate of drug-likeness (QED) is 0.858. The number of aromatic nitrogens is 2. The van der Waals surface area contributed by atoms with Crippen molar-refractivity contribution in [2.75, 3.05) is 30.3 Å². The van der Waals surface area contributed by atoms with Crippen molar-refractivity contribution in [2.45, 2.75) is 39.0 Å². The van der Waals surface area contributed by atoms with Crippen LogP contribution in [0.25, 0.3) is 5.65 Å². The molecule has 0 saturated carbocycles. The molecule has 3 rings (SSSR count). The Kier molecular flexibility index (Phi) is 4.69. The minimum atomic E-state index is -0.182. The summed E-state index contributed by atoms with van der Waals surface area (Å²) < 4.78 is 6.89. The summed E-state index contributed by atoms with van der Waals surface area (Å²) in [6, 6.07) is 2.05. The van der Waals surface area contributed by atoms with E-state index >= 15 is 0 Å². The number of hydrogen-bond acceptors (Lipinski definition) is 5. The van der Waals surface area contributed by atoms with Gasteiger partial charge < -0.3 is 19.8 Å². The van der Waals surface area contributed by atoms with Crippen LogP contribution in [0.4, 0.5) is 11.4 Å². The van der Waals surface area contributed by atoms with Crippen molar-refractivity contribution in [3.05, 3.63) is 24.2 Å². The number of esters is 1. The molecule has 0 aliphatic carbocycles. The van der Waals surface area contributed by atoms with Gasteiger partial charge in [0, 0.05) is 38.0 Å². The molecule has 0 unspecified atom stereocenters. The SMILES string of the molecule is CCOC(=O)CCc1cn2cc(N)c(N3CCCCC3)cc2n1. The lowest BCUT2D eigenvalue weighted by atomic mass is 10.1. The molecular weight excluding hydrogens is 292 g/mol. The second-order valence-electron chi connectivity index (χ2n) is 5.96. The van der Waals surface area contributed by atoms with E-state index in [4.69, 9.17) is 10.5 Å². The van der Waals surface area contributed by atoms with Gasteiger partial charge in [-0.3, -0.25) is 4.79 Å². The van der Waals surface area contributed by atoms with E-state index in [2.05, 4.69) is 16.0 Å². The van der Waals surface area contributed by atoms with Crippen LogP contribution in [0.15, 0.2) is 18.5 Å². The highest BCUT2D eigenvalue weighted by atomic mass is 16.5. The average molecular weight is 316 g/mol. The Hall–Kier alpha value is -2.24. The molecule has 1 aliphatic rings. The van der Waals surface area contributed by atoms with Gasteiger partial charge in [0.05, 0.1) is 30.1 Å². The molecule has 0 atom stereocenters. The van der Waals surface area contributed by atoms with Gasteiger partial charge in [0.1, 0.15) is 5.65 Å². The standard InChI is InChI=1S/C17H24N4O2/c1-2-23-17(22)7-6-13-11-21-12-14(18)15(10-16(21)19-13)20-8-4-3-5-9-20/h10-12H,2-9,18H2,1H3. The van der Waals surface area contributed by atoms with Crippen molar-refractivity contribution in [2.24, 2.45) is 0 Å². The van der Waals surface area contributed by atoms with Crippen molar-refractivity contribution < 1.29 is 9.53 Å².